The van der Waals surface area contributed by atoms with Gasteiger partial charge in [0.15, 0.2) is 9.84 Å². The second-order valence-corrected chi connectivity index (χ2v) is 7.90. The Morgan fingerprint density at radius 3 is 2.73 bits per heavy atom. The van der Waals surface area contributed by atoms with Crippen molar-refractivity contribution in [3.05, 3.63) is 35.4 Å². The molecular weight excluding hydrogens is 304 g/mol. The maximum atomic E-state index is 12.5. The van der Waals surface area contributed by atoms with Gasteiger partial charge in [-0.3, -0.25) is 9.59 Å². The van der Waals surface area contributed by atoms with Crippen LogP contribution < -0.4 is 5.73 Å². The summed E-state index contributed by atoms with van der Waals surface area (Å²) < 4.78 is 22.7. The van der Waals surface area contributed by atoms with Crippen molar-refractivity contribution in [2.45, 2.75) is 18.6 Å². The molecule has 1 aromatic rings. The van der Waals surface area contributed by atoms with Gasteiger partial charge < -0.3 is 10.6 Å². The lowest BCUT2D eigenvalue weighted by Gasteiger charge is -2.31. The van der Waals surface area contributed by atoms with Gasteiger partial charge in [-0.25, -0.2) is 8.42 Å². The molecule has 0 aliphatic carbocycles. The highest BCUT2D eigenvalue weighted by Crippen LogP contribution is 2.19. The first-order valence-electron chi connectivity index (χ1n) is 7.11. The number of rotatable bonds is 4. The molecule has 1 atom stereocenters. The van der Waals surface area contributed by atoms with Crippen LogP contribution in [-0.4, -0.2) is 44.5 Å². The van der Waals surface area contributed by atoms with Crippen molar-refractivity contribution in [1.29, 1.82) is 0 Å². The number of nitrogens with zero attached hydrogens (tertiary/aromatic N) is 1. The molecule has 0 saturated carbocycles. The average Bonchev–Trinajstić information content (AvgIpc) is 2.45. The lowest BCUT2D eigenvalue weighted by atomic mass is 9.97. The van der Waals surface area contributed by atoms with Crippen molar-refractivity contribution in [1.82, 2.24) is 4.90 Å². The summed E-state index contributed by atoms with van der Waals surface area (Å²) in [5.41, 5.74) is 6.33. The zero-order chi connectivity index (χ0) is 16.3. The highest BCUT2D eigenvalue weighted by Gasteiger charge is 2.27. The SMILES string of the molecule is CS(=O)(=O)Cc1cccc(C(=O)N2CCC[C@@H](C(N)=O)C2)c1. The van der Waals surface area contributed by atoms with Gasteiger partial charge in [0.25, 0.3) is 5.91 Å². The second-order valence-electron chi connectivity index (χ2n) is 5.76. The first-order chi connectivity index (χ1) is 10.3. The van der Waals surface area contributed by atoms with E-state index in [2.05, 4.69) is 0 Å². The molecule has 0 unspecified atom stereocenters. The standard InChI is InChI=1S/C15H20N2O4S/c1-22(20,21)10-11-4-2-5-12(8-11)15(19)17-7-3-6-13(9-17)14(16)18/h2,4-5,8,13H,3,6-7,9-10H2,1H3,(H2,16,18)/t13-/m1/s1. The van der Waals surface area contributed by atoms with Gasteiger partial charge in [-0.05, 0) is 30.5 Å². The number of hydrogen-bond donors (Lipinski definition) is 1. The number of nitrogens with two attached hydrogens (primary N) is 1. The van der Waals surface area contributed by atoms with Crippen LogP contribution in [0.25, 0.3) is 0 Å². The summed E-state index contributed by atoms with van der Waals surface area (Å²) in [6.07, 6.45) is 2.60. The molecule has 1 heterocycles. The van der Waals surface area contributed by atoms with Gasteiger partial charge >= 0.3 is 0 Å². The van der Waals surface area contributed by atoms with Gasteiger partial charge in [0.2, 0.25) is 5.91 Å². The molecule has 1 aliphatic heterocycles. The Morgan fingerprint density at radius 2 is 2.09 bits per heavy atom. The minimum atomic E-state index is -3.15. The van der Waals surface area contributed by atoms with E-state index in [1.54, 1.807) is 29.2 Å². The molecule has 1 aromatic carbocycles. The number of piperidine rings is 1. The van der Waals surface area contributed by atoms with E-state index in [0.717, 1.165) is 12.7 Å². The van der Waals surface area contributed by atoms with Gasteiger partial charge in [-0.2, -0.15) is 0 Å². The lowest BCUT2D eigenvalue weighted by Crippen LogP contribution is -2.44. The number of carbonyl (C=O) groups excluding carboxylic acids is 2. The topological polar surface area (TPSA) is 97.5 Å². The van der Waals surface area contributed by atoms with Crippen molar-refractivity contribution in [2.75, 3.05) is 19.3 Å². The number of primary amides is 1. The summed E-state index contributed by atoms with van der Waals surface area (Å²) in [4.78, 5) is 25.4. The van der Waals surface area contributed by atoms with Crippen molar-refractivity contribution in [3.8, 4) is 0 Å². The molecule has 2 amide bonds. The summed E-state index contributed by atoms with van der Waals surface area (Å²) in [7, 11) is -3.15. The predicted octanol–water partition coefficient (Wildman–Crippen LogP) is 0.569. The fraction of sp³-hybridized carbons (Fsp3) is 0.467. The zero-order valence-corrected chi connectivity index (χ0v) is 13.3. The molecule has 0 radical (unpaired) electrons. The normalized spacial score (nSPS) is 19.0. The first kappa shape index (κ1) is 16.5. The summed E-state index contributed by atoms with van der Waals surface area (Å²) in [5.74, 6) is -0.987. The zero-order valence-electron chi connectivity index (χ0n) is 12.5. The van der Waals surface area contributed by atoms with Crippen LogP contribution in [0.5, 0.6) is 0 Å². The number of likely N-dealkylation sites (tertiary alicyclic amines) is 1. The quantitative estimate of drug-likeness (QED) is 0.875. The van der Waals surface area contributed by atoms with Crippen molar-refractivity contribution < 1.29 is 18.0 Å². The van der Waals surface area contributed by atoms with E-state index in [0.29, 0.717) is 30.6 Å². The Kier molecular flexibility index (Phi) is 4.85. The van der Waals surface area contributed by atoms with E-state index in [1.165, 1.54) is 0 Å². The smallest absolute Gasteiger partial charge is 0.253 e. The predicted molar refractivity (Wildman–Crippen MR) is 82.8 cm³/mol. The van der Waals surface area contributed by atoms with E-state index in [9.17, 15) is 18.0 Å². The van der Waals surface area contributed by atoms with Crippen LogP contribution in [0.3, 0.4) is 0 Å². The Morgan fingerprint density at radius 1 is 1.36 bits per heavy atom. The second kappa shape index (κ2) is 6.48. The monoisotopic (exact) mass is 324 g/mol. The van der Waals surface area contributed by atoms with Crippen LogP contribution in [0, 0.1) is 5.92 Å². The molecule has 120 valence electrons. The Bertz CT molecular complexity index is 685. The van der Waals surface area contributed by atoms with E-state index < -0.39 is 9.84 Å². The van der Waals surface area contributed by atoms with Crippen LogP contribution >= 0.6 is 0 Å². The van der Waals surface area contributed by atoms with Gasteiger partial charge in [0, 0.05) is 24.9 Å². The van der Waals surface area contributed by atoms with Gasteiger partial charge in [0.1, 0.15) is 0 Å². The minimum Gasteiger partial charge on any atom is -0.369 e. The molecule has 0 aromatic heterocycles. The van der Waals surface area contributed by atoms with Crippen LogP contribution in [0.1, 0.15) is 28.8 Å². The van der Waals surface area contributed by atoms with E-state index in [-0.39, 0.29) is 23.5 Å². The fourth-order valence-electron chi connectivity index (χ4n) is 2.67. The van der Waals surface area contributed by atoms with E-state index in [4.69, 9.17) is 5.73 Å². The molecule has 6 nitrogen and oxygen atoms in total. The summed E-state index contributed by atoms with van der Waals surface area (Å²) in [5, 5.41) is 0. The maximum Gasteiger partial charge on any atom is 0.253 e. The molecule has 22 heavy (non-hydrogen) atoms. The third kappa shape index (κ3) is 4.30. The van der Waals surface area contributed by atoms with Crippen LogP contribution in [0.2, 0.25) is 0 Å². The van der Waals surface area contributed by atoms with Crippen LogP contribution in [-0.2, 0) is 20.4 Å². The highest BCUT2D eigenvalue weighted by atomic mass is 32.2. The van der Waals surface area contributed by atoms with E-state index >= 15 is 0 Å². The van der Waals surface area contributed by atoms with Crippen molar-refractivity contribution >= 4 is 21.7 Å². The summed E-state index contributed by atoms with van der Waals surface area (Å²) in [6.45, 7) is 0.906. The number of sulfone groups is 1. The molecule has 0 bridgehead atoms. The van der Waals surface area contributed by atoms with Gasteiger partial charge in [-0.15, -0.1) is 0 Å². The fourth-order valence-corrected chi connectivity index (χ4v) is 3.46. The molecule has 1 fully saturated rings. The number of carbonyl (C=O) groups is 2. The molecule has 0 spiro atoms. The lowest BCUT2D eigenvalue weighted by molar-refractivity contribution is -0.123. The molecular formula is C15H20N2O4S. The van der Waals surface area contributed by atoms with Crippen molar-refractivity contribution in [3.63, 3.8) is 0 Å². The molecule has 2 rings (SSSR count). The molecule has 7 heteroatoms. The third-order valence-corrected chi connectivity index (χ3v) is 4.57. The van der Waals surface area contributed by atoms with Crippen LogP contribution in [0.4, 0.5) is 0 Å². The highest BCUT2D eigenvalue weighted by molar-refractivity contribution is 7.89. The number of hydrogen-bond acceptors (Lipinski definition) is 4. The summed E-state index contributed by atoms with van der Waals surface area (Å²) >= 11 is 0. The Hall–Kier alpha value is -1.89. The molecule has 2 N–H and O–H groups in total. The van der Waals surface area contributed by atoms with Crippen LogP contribution in [0.15, 0.2) is 24.3 Å². The van der Waals surface area contributed by atoms with E-state index in [1.807, 2.05) is 0 Å². The Labute approximate surface area is 130 Å². The Balaban J connectivity index is 2.15. The number of amides is 2. The van der Waals surface area contributed by atoms with Crippen molar-refractivity contribution in [2.24, 2.45) is 11.7 Å². The average molecular weight is 324 g/mol. The third-order valence-electron chi connectivity index (χ3n) is 3.71. The van der Waals surface area contributed by atoms with Gasteiger partial charge in [0.05, 0.1) is 11.7 Å². The molecule has 1 aliphatic rings. The first-order valence-corrected chi connectivity index (χ1v) is 9.17. The summed E-state index contributed by atoms with van der Waals surface area (Å²) in [6, 6.07) is 6.60. The maximum absolute atomic E-state index is 12.5. The molecule has 1 saturated heterocycles. The largest absolute Gasteiger partial charge is 0.369 e. The minimum absolute atomic E-state index is 0.0992. The van der Waals surface area contributed by atoms with Gasteiger partial charge in [-0.1, -0.05) is 12.1 Å². The number of benzene rings is 1.